The fraction of sp³-hybridized carbons (Fsp3) is 0.394. The Kier molecular flexibility index (Phi) is 10.5. The Morgan fingerprint density at radius 3 is 2.54 bits per heavy atom. The number of benzene rings is 3. The van der Waals surface area contributed by atoms with Crippen molar-refractivity contribution in [1.29, 1.82) is 0 Å². The summed E-state index contributed by atoms with van der Waals surface area (Å²) < 4.78 is 17.8. The average Bonchev–Trinajstić information content (AvgIpc) is 2.95. The Hall–Kier alpha value is -3.24. The molecule has 0 radical (unpaired) electrons. The van der Waals surface area contributed by atoms with Crippen LogP contribution in [0.1, 0.15) is 63.5 Å². The zero-order valence-corrected chi connectivity index (χ0v) is 22.4. The molecule has 0 fully saturated rings. The fourth-order valence-electron chi connectivity index (χ4n) is 4.84. The summed E-state index contributed by atoms with van der Waals surface area (Å²) in [7, 11) is 0. The number of nitrogens with one attached hydrogen (secondary N) is 1. The molecule has 37 heavy (non-hydrogen) atoms. The summed E-state index contributed by atoms with van der Waals surface area (Å²) in [5, 5.41) is 3.63. The number of rotatable bonds is 14. The standard InChI is InChI=1S/C33H41NO3/c1-3-10-26(4-2)13-9-20-36-30-15-8-14-29(23-30)34-33-17-16-31(37-25-27-11-6-5-7-12-27)24-32(33)28-18-21-35-22-19-28/h5-8,11-12,14-18,23-24,26,34H,3-4,9-10,13,19-22,25H2,1-2H3. The van der Waals surface area contributed by atoms with E-state index in [2.05, 4.69) is 61.6 Å². The van der Waals surface area contributed by atoms with Crippen molar-refractivity contribution in [2.24, 2.45) is 5.92 Å². The van der Waals surface area contributed by atoms with Crippen LogP contribution in [0.15, 0.2) is 78.9 Å². The summed E-state index contributed by atoms with van der Waals surface area (Å²) >= 11 is 0. The molecule has 4 heteroatoms. The maximum Gasteiger partial charge on any atom is 0.121 e. The highest BCUT2D eigenvalue weighted by molar-refractivity contribution is 5.80. The Labute approximate surface area is 222 Å². The highest BCUT2D eigenvalue weighted by Crippen LogP contribution is 2.34. The van der Waals surface area contributed by atoms with Crippen LogP contribution >= 0.6 is 0 Å². The van der Waals surface area contributed by atoms with Crippen molar-refractivity contribution in [3.63, 3.8) is 0 Å². The van der Waals surface area contributed by atoms with Gasteiger partial charge in [-0.1, -0.05) is 75.6 Å². The molecule has 1 unspecified atom stereocenters. The minimum atomic E-state index is 0.548. The van der Waals surface area contributed by atoms with E-state index >= 15 is 0 Å². The normalized spacial score (nSPS) is 14.1. The zero-order chi connectivity index (χ0) is 25.7. The summed E-state index contributed by atoms with van der Waals surface area (Å²) in [5.74, 6) is 2.59. The van der Waals surface area contributed by atoms with Crippen LogP contribution in [-0.2, 0) is 11.3 Å². The lowest BCUT2D eigenvalue weighted by molar-refractivity contribution is 0.161. The zero-order valence-electron chi connectivity index (χ0n) is 22.4. The molecule has 1 heterocycles. The van der Waals surface area contributed by atoms with Crippen molar-refractivity contribution in [1.82, 2.24) is 0 Å². The minimum Gasteiger partial charge on any atom is -0.494 e. The minimum absolute atomic E-state index is 0.548. The highest BCUT2D eigenvalue weighted by Gasteiger charge is 2.14. The molecule has 1 aliphatic rings. The number of ether oxygens (including phenoxy) is 3. The van der Waals surface area contributed by atoms with E-state index in [1.807, 2.05) is 36.4 Å². The summed E-state index contributed by atoms with van der Waals surface area (Å²) in [4.78, 5) is 0. The van der Waals surface area contributed by atoms with Crippen LogP contribution in [-0.4, -0.2) is 19.8 Å². The van der Waals surface area contributed by atoms with Gasteiger partial charge in [0.25, 0.3) is 0 Å². The van der Waals surface area contributed by atoms with Crippen LogP contribution in [0.2, 0.25) is 0 Å². The van der Waals surface area contributed by atoms with Crippen LogP contribution < -0.4 is 14.8 Å². The van der Waals surface area contributed by atoms with Crippen LogP contribution in [0.4, 0.5) is 11.4 Å². The predicted molar refractivity (Wildman–Crippen MR) is 154 cm³/mol. The Morgan fingerprint density at radius 1 is 0.892 bits per heavy atom. The Balaban J connectivity index is 1.43. The van der Waals surface area contributed by atoms with Crippen LogP contribution in [0, 0.1) is 5.92 Å². The molecule has 1 atom stereocenters. The third-order valence-corrected chi connectivity index (χ3v) is 6.96. The topological polar surface area (TPSA) is 39.7 Å². The van der Waals surface area contributed by atoms with Crippen LogP contribution in [0.3, 0.4) is 0 Å². The smallest absolute Gasteiger partial charge is 0.121 e. The van der Waals surface area contributed by atoms with E-state index in [4.69, 9.17) is 14.2 Å². The van der Waals surface area contributed by atoms with Gasteiger partial charge in [0.1, 0.15) is 18.1 Å². The number of hydrogen-bond donors (Lipinski definition) is 1. The van der Waals surface area contributed by atoms with E-state index in [1.54, 1.807) is 0 Å². The molecule has 4 nitrogen and oxygen atoms in total. The third kappa shape index (κ3) is 8.40. The summed E-state index contributed by atoms with van der Waals surface area (Å²) in [6.45, 7) is 7.25. The first-order valence-electron chi connectivity index (χ1n) is 13.8. The van der Waals surface area contributed by atoms with Gasteiger partial charge >= 0.3 is 0 Å². The molecule has 0 aromatic heterocycles. The van der Waals surface area contributed by atoms with Gasteiger partial charge in [-0.2, -0.15) is 0 Å². The van der Waals surface area contributed by atoms with E-state index in [0.29, 0.717) is 13.2 Å². The molecule has 0 bridgehead atoms. The van der Waals surface area contributed by atoms with Crippen molar-refractivity contribution < 1.29 is 14.2 Å². The molecular weight excluding hydrogens is 458 g/mol. The molecule has 1 aliphatic heterocycles. The van der Waals surface area contributed by atoms with Gasteiger partial charge in [-0.15, -0.1) is 0 Å². The summed E-state index contributed by atoms with van der Waals surface area (Å²) in [6, 6.07) is 24.8. The quantitative estimate of drug-likeness (QED) is 0.225. The first kappa shape index (κ1) is 26.8. The molecule has 196 valence electrons. The Bertz CT molecular complexity index is 1130. The van der Waals surface area contributed by atoms with Gasteiger partial charge in [0.05, 0.1) is 19.8 Å². The lowest BCUT2D eigenvalue weighted by Crippen LogP contribution is -2.06. The highest BCUT2D eigenvalue weighted by atomic mass is 16.5. The first-order valence-corrected chi connectivity index (χ1v) is 13.8. The molecule has 0 amide bonds. The van der Waals surface area contributed by atoms with Crippen molar-refractivity contribution >= 4 is 16.9 Å². The summed E-state index contributed by atoms with van der Waals surface area (Å²) in [5.41, 5.74) is 5.67. The van der Waals surface area contributed by atoms with E-state index in [0.717, 1.165) is 66.0 Å². The van der Waals surface area contributed by atoms with Gasteiger partial charge in [-0.25, -0.2) is 0 Å². The molecule has 3 aromatic carbocycles. The molecule has 0 aliphatic carbocycles. The van der Waals surface area contributed by atoms with Gasteiger partial charge in [0, 0.05) is 23.0 Å². The number of anilines is 2. The lowest BCUT2D eigenvalue weighted by atomic mass is 9.96. The second kappa shape index (κ2) is 14.5. The van der Waals surface area contributed by atoms with Crippen LogP contribution in [0.5, 0.6) is 11.5 Å². The molecule has 4 rings (SSSR count). The van der Waals surface area contributed by atoms with E-state index < -0.39 is 0 Å². The third-order valence-electron chi connectivity index (χ3n) is 6.96. The largest absolute Gasteiger partial charge is 0.494 e. The predicted octanol–water partition coefficient (Wildman–Crippen LogP) is 8.80. The van der Waals surface area contributed by atoms with E-state index in [9.17, 15) is 0 Å². The molecule has 1 N–H and O–H groups in total. The van der Waals surface area contributed by atoms with Gasteiger partial charge < -0.3 is 19.5 Å². The lowest BCUT2D eigenvalue weighted by Gasteiger charge is -2.20. The molecule has 3 aromatic rings. The van der Waals surface area contributed by atoms with Crippen molar-refractivity contribution in [2.45, 2.75) is 59.0 Å². The van der Waals surface area contributed by atoms with Gasteiger partial charge in [0.15, 0.2) is 0 Å². The van der Waals surface area contributed by atoms with E-state index in [-0.39, 0.29) is 0 Å². The average molecular weight is 500 g/mol. The molecule has 0 saturated heterocycles. The molecule has 0 saturated carbocycles. The van der Waals surface area contributed by atoms with Crippen molar-refractivity contribution in [3.8, 4) is 11.5 Å². The summed E-state index contributed by atoms with van der Waals surface area (Å²) in [6.07, 6.45) is 9.23. The van der Waals surface area contributed by atoms with Gasteiger partial charge in [-0.05, 0) is 66.6 Å². The Morgan fingerprint density at radius 2 is 1.76 bits per heavy atom. The maximum atomic E-state index is 6.14. The van der Waals surface area contributed by atoms with Gasteiger partial charge in [0.2, 0.25) is 0 Å². The number of hydrogen-bond acceptors (Lipinski definition) is 4. The maximum absolute atomic E-state index is 6.14. The van der Waals surface area contributed by atoms with Crippen molar-refractivity contribution in [2.75, 3.05) is 25.1 Å². The second-order valence-electron chi connectivity index (χ2n) is 9.74. The van der Waals surface area contributed by atoms with E-state index in [1.165, 1.54) is 31.3 Å². The second-order valence-corrected chi connectivity index (χ2v) is 9.74. The SMILES string of the molecule is CCCC(CC)CCCOc1cccc(Nc2ccc(OCc3ccccc3)cc2C2=CCOCC2)c1. The monoisotopic (exact) mass is 499 g/mol. The van der Waals surface area contributed by atoms with Crippen molar-refractivity contribution in [3.05, 3.63) is 90.0 Å². The van der Waals surface area contributed by atoms with Crippen LogP contribution in [0.25, 0.3) is 5.57 Å². The molecule has 0 spiro atoms. The van der Waals surface area contributed by atoms with Gasteiger partial charge in [-0.3, -0.25) is 0 Å². The molecular formula is C33H41NO3. The first-order chi connectivity index (χ1) is 18.2. The fourth-order valence-corrected chi connectivity index (χ4v) is 4.84.